The first-order chi connectivity index (χ1) is 10.2. The Labute approximate surface area is 153 Å². The third-order valence-corrected chi connectivity index (χ3v) is 5.22. The highest BCUT2D eigenvalue weighted by Gasteiger charge is 2.22. The number of ether oxygens (including phenoxy) is 1. The van der Waals surface area contributed by atoms with Gasteiger partial charge in [-0.05, 0) is 31.1 Å². The van der Waals surface area contributed by atoms with Crippen LogP contribution in [0.15, 0.2) is 4.99 Å². The van der Waals surface area contributed by atoms with Crippen molar-refractivity contribution in [2.75, 3.05) is 40.4 Å². The SMILES string of the molecule is CCC1CCC(CNC(=NC)N(C)CC2CCOC2)CC1.I. The molecule has 1 N–H and O–H groups in total. The molecule has 0 aromatic carbocycles. The number of halogens is 1. The van der Waals surface area contributed by atoms with Gasteiger partial charge < -0.3 is 15.0 Å². The Morgan fingerprint density at radius 2 is 1.82 bits per heavy atom. The molecule has 0 amide bonds. The molecule has 5 heteroatoms. The van der Waals surface area contributed by atoms with Crippen LogP contribution >= 0.6 is 24.0 Å². The third-order valence-electron chi connectivity index (χ3n) is 5.22. The van der Waals surface area contributed by atoms with Crippen molar-refractivity contribution in [2.45, 2.75) is 45.4 Å². The molecule has 1 aliphatic heterocycles. The van der Waals surface area contributed by atoms with Gasteiger partial charge >= 0.3 is 0 Å². The van der Waals surface area contributed by atoms with Gasteiger partial charge in [0.05, 0.1) is 6.61 Å². The standard InChI is InChI=1S/C17H33N3O.HI/c1-4-14-5-7-15(8-6-14)11-19-17(18-2)20(3)12-16-9-10-21-13-16;/h14-16H,4-13H2,1-3H3,(H,18,19);1H. The molecule has 2 aliphatic rings. The van der Waals surface area contributed by atoms with Crippen LogP contribution in [0.2, 0.25) is 0 Å². The van der Waals surface area contributed by atoms with Gasteiger partial charge in [0.25, 0.3) is 0 Å². The molecule has 4 nitrogen and oxygen atoms in total. The Morgan fingerprint density at radius 1 is 1.14 bits per heavy atom. The molecule has 2 rings (SSSR count). The van der Waals surface area contributed by atoms with Crippen molar-refractivity contribution in [3.63, 3.8) is 0 Å². The van der Waals surface area contributed by atoms with Gasteiger partial charge in [0.15, 0.2) is 5.96 Å². The van der Waals surface area contributed by atoms with E-state index >= 15 is 0 Å². The van der Waals surface area contributed by atoms with Gasteiger partial charge in [0, 0.05) is 39.7 Å². The Morgan fingerprint density at radius 3 is 2.36 bits per heavy atom. The van der Waals surface area contributed by atoms with Crippen molar-refractivity contribution in [3.05, 3.63) is 0 Å². The molecular weight excluding hydrogens is 389 g/mol. The summed E-state index contributed by atoms with van der Waals surface area (Å²) in [6.45, 7) is 6.28. The molecule has 1 saturated heterocycles. The highest BCUT2D eigenvalue weighted by Crippen LogP contribution is 2.30. The lowest BCUT2D eigenvalue weighted by molar-refractivity contribution is 0.181. The highest BCUT2D eigenvalue weighted by molar-refractivity contribution is 14.0. The first kappa shape index (κ1) is 20.0. The van der Waals surface area contributed by atoms with Crippen LogP contribution in [0.3, 0.4) is 0 Å². The largest absolute Gasteiger partial charge is 0.381 e. The van der Waals surface area contributed by atoms with Crippen molar-refractivity contribution >= 4 is 29.9 Å². The van der Waals surface area contributed by atoms with Crippen molar-refractivity contribution in [1.29, 1.82) is 0 Å². The summed E-state index contributed by atoms with van der Waals surface area (Å²) in [4.78, 5) is 6.70. The van der Waals surface area contributed by atoms with Crippen LogP contribution in [-0.4, -0.2) is 51.3 Å². The minimum absolute atomic E-state index is 0. The van der Waals surface area contributed by atoms with Crippen LogP contribution in [0.1, 0.15) is 45.4 Å². The van der Waals surface area contributed by atoms with Crippen LogP contribution in [0.4, 0.5) is 0 Å². The zero-order chi connectivity index (χ0) is 15.1. The van der Waals surface area contributed by atoms with E-state index in [-0.39, 0.29) is 24.0 Å². The van der Waals surface area contributed by atoms with E-state index in [0.717, 1.165) is 44.1 Å². The Kier molecular flexibility index (Phi) is 9.71. The zero-order valence-electron chi connectivity index (χ0n) is 14.5. The van der Waals surface area contributed by atoms with Crippen molar-refractivity contribution in [2.24, 2.45) is 22.7 Å². The van der Waals surface area contributed by atoms with Gasteiger partial charge in [0.2, 0.25) is 0 Å². The Hall–Kier alpha value is -0.0400. The van der Waals surface area contributed by atoms with E-state index in [1.807, 2.05) is 7.05 Å². The van der Waals surface area contributed by atoms with E-state index in [2.05, 4.69) is 29.2 Å². The average molecular weight is 423 g/mol. The van der Waals surface area contributed by atoms with E-state index in [0.29, 0.717) is 5.92 Å². The predicted octanol–water partition coefficient (Wildman–Crippen LogP) is 3.36. The van der Waals surface area contributed by atoms with Crippen LogP contribution < -0.4 is 5.32 Å². The zero-order valence-corrected chi connectivity index (χ0v) is 16.8. The molecule has 1 saturated carbocycles. The van der Waals surface area contributed by atoms with E-state index in [4.69, 9.17) is 4.74 Å². The van der Waals surface area contributed by atoms with Gasteiger partial charge in [-0.1, -0.05) is 26.2 Å². The van der Waals surface area contributed by atoms with E-state index in [1.165, 1.54) is 38.5 Å². The Balaban J connectivity index is 0.00000242. The lowest BCUT2D eigenvalue weighted by atomic mass is 9.81. The van der Waals surface area contributed by atoms with Crippen LogP contribution in [0, 0.1) is 17.8 Å². The van der Waals surface area contributed by atoms with Crippen molar-refractivity contribution < 1.29 is 4.74 Å². The molecule has 1 atom stereocenters. The van der Waals surface area contributed by atoms with Gasteiger partial charge in [-0.3, -0.25) is 4.99 Å². The van der Waals surface area contributed by atoms with Gasteiger partial charge in [-0.2, -0.15) is 0 Å². The summed E-state index contributed by atoms with van der Waals surface area (Å²) >= 11 is 0. The topological polar surface area (TPSA) is 36.9 Å². The second kappa shape index (κ2) is 10.7. The van der Waals surface area contributed by atoms with Crippen LogP contribution in [0.5, 0.6) is 0 Å². The maximum atomic E-state index is 5.46. The van der Waals surface area contributed by atoms with Crippen molar-refractivity contribution in [3.8, 4) is 0 Å². The number of rotatable bonds is 5. The third kappa shape index (κ3) is 6.22. The summed E-state index contributed by atoms with van der Waals surface area (Å²) in [5, 5.41) is 3.58. The monoisotopic (exact) mass is 423 g/mol. The molecular formula is C17H34IN3O. The first-order valence-electron chi connectivity index (χ1n) is 8.72. The second-order valence-corrected chi connectivity index (χ2v) is 6.83. The smallest absolute Gasteiger partial charge is 0.193 e. The second-order valence-electron chi connectivity index (χ2n) is 6.83. The predicted molar refractivity (Wildman–Crippen MR) is 104 cm³/mol. The highest BCUT2D eigenvalue weighted by atomic mass is 127. The molecule has 0 spiro atoms. The number of nitrogens with zero attached hydrogens (tertiary/aromatic N) is 2. The van der Waals surface area contributed by atoms with Gasteiger partial charge in [-0.15, -0.1) is 24.0 Å². The molecule has 2 fully saturated rings. The summed E-state index contributed by atoms with van der Waals surface area (Å²) in [5.41, 5.74) is 0. The normalized spacial score (nSPS) is 29.0. The number of hydrogen-bond acceptors (Lipinski definition) is 2. The average Bonchev–Trinajstić information content (AvgIpc) is 3.01. The molecule has 0 bridgehead atoms. The molecule has 0 aromatic heterocycles. The maximum absolute atomic E-state index is 5.46. The van der Waals surface area contributed by atoms with E-state index in [9.17, 15) is 0 Å². The number of aliphatic imine (C=N–C) groups is 1. The summed E-state index contributed by atoms with van der Waals surface area (Å²) < 4.78 is 5.46. The van der Waals surface area contributed by atoms with E-state index < -0.39 is 0 Å². The fraction of sp³-hybridized carbons (Fsp3) is 0.941. The number of nitrogens with one attached hydrogen (secondary N) is 1. The van der Waals surface area contributed by atoms with Crippen LogP contribution in [0.25, 0.3) is 0 Å². The minimum atomic E-state index is 0. The molecule has 130 valence electrons. The molecule has 22 heavy (non-hydrogen) atoms. The van der Waals surface area contributed by atoms with Gasteiger partial charge in [0.1, 0.15) is 0 Å². The maximum Gasteiger partial charge on any atom is 0.193 e. The lowest BCUT2D eigenvalue weighted by Gasteiger charge is -2.30. The molecule has 1 aliphatic carbocycles. The van der Waals surface area contributed by atoms with Crippen molar-refractivity contribution in [1.82, 2.24) is 10.2 Å². The molecule has 0 radical (unpaired) electrons. The fourth-order valence-corrected chi connectivity index (χ4v) is 3.67. The van der Waals surface area contributed by atoms with Crippen LogP contribution in [-0.2, 0) is 4.74 Å². The number of guanidine groups is 1. The summed E-state index contributed by atoms with van der Waals surface area (Å²) in [7, 11) is 4.03. The summed E-state index contributed by atoms with van der Waals surface area (Å²) in [6, 6.07) is 0. The molecule has 1 heterocycles. The lowest BCUT2D eigenvalue weighted by Crippen LogP contribution is -2.43. The summed E-state index contributed by atoms with van der Waals surface area (Å²) in [6.07, 6.45) is 8.12. The molecule has 1 unspecified atom stereocenters. The first-order valence-corrected chi connectivity index (χ1v) is 8.72. The quantitative estimate of drug-likeness (QED) is 0.419. The van der Waals surface area contributed by atoms with E-state index in [1.54, 1.807) is 0 Å². The fourth-order valence-electron chi connectivity index (χ4n) is 3.67. The van der Waals surface area contributed by atoms with Gasteiger partial charge in [-0.25, -0.2) is 0 Å². The molecule has 0 aromatic rings. The summed E-state index contributed by atoms with van der Waals surface area (Å²) in [5.74, 6) is 3.51. The number of hydrogen-bond donors (Lipinski definition) is 1. The Bertz CT molecular complexity index is 324. The minimum Gasteiger partial charge on any atom is -0.381 e.